The number of hydrogen-bond acceptors (Lipinski definition) is 4. The van der Waals surface area contributed by atoms with Crippen LogP contribution in [0.2, 0.25) is 0 Å². The van der Waals surface area contributed by atoms with Crippen molar-refractivity contribution in [2.45, 2.75) is 65.9 Å². The molecule has 7 nitrogen and oxygen atoms in total. The molecular formula is C25H33N3O4. The molecule has 2 aromatic carbocycles. The van der Waals surface area contributed by atoms with E-state index >= 15 is 0 Å². The third kappa shape index (κ3) is 7.72. The molecular weight excluding hydrogens is 406 g/mol. The number of nitrogens with one attached hydrogen (secondary N) is 3. The second kappa shape index (κ2) is 10.8. The number of ether oxygens (including phenoxy) is 1. The van der Waals surface area contributed by atoms with Crippen LogP contribution in [0.4, 0.5) is 5.69 Å². The van der Waals surface area contributed by atoms with Crippen LogP contribution in [0.25, 0.3) is 0 Å². The average Bonchev–Trinajstić information content (AvgIpc) is 2.72. The highest BCUT2D eigenvalue weighted by atomic mass is 16.5. The lowest BCUT2D eigenvalue weighted by molar-refractivity contribution is -0.133. The number of hydrazine groups is 1. The van der Waals surface area contributed by atoms with Crippen LogP contribution < -0.4 is 20.9 Å². The molecule has 0 radical (unpaired) electrons. The van der Waals surface area contributed by atoms with E-state index in [9.17, 15) is 14.4 Å². The molecule has 2 aromatic rings. The highest BCUT2D eigenvalue weighted by Gasteiger charge is 2.17. The van der Waals surface area contributed by atoms with Crippen molar-refractivity contribution in [3.05, 3.63) is 59.2 Å². The van der Waals surface area contributed by atoms with E-state index in [1.165, 1.54) is 0 Å². The molecule has 0 saturated heterocycles. The third-order valence-corrected chi connectivity index (χ3v) is 5.10. The molecule has 0 aliphatic carbocycles. The first kappa shape index (κ1) is 24.9. The van der Waals surface area contributed by atoms with Crippen LogP contribution in [0.3, 0.4) is 0 Å². The van der Waals surface area contributed by atoms with Crippen LogP contribution in [-0.4, -0.2) is 23.8 Å². The van der Waals surface area contributed by atoms with Crippen molar-refractivity contribution in [2.24, 2.45) is 0 Å². The van der Waals surface area contributed by atoms with Gasteiger partial charge in [0.15, 0.2) is 6.10 Å². The second-order valence-corrected chi connectivity index (χ2v) is 8.92. The van der Waals surface area contributed by atoms with E-state index in [1.807, 2.05) is 56.3 Å². The maximum Gasteiger partial charge on any atom is 0.279 e. The Morgan fingerprint density at radius 1 is 0.875 bits per heavy atom. The van der Waals surface area contributed by atoms with Crippen molar-refractivity contribution < 1.29 is 19.1 Å². The molecule has 172 valence electrons. The number of hydrogen-bond donors (Lipinski definition) is 3. The van der Waals surface area contributed by atoms with Crippen LogP contribution in [0, 0.1) is 13.8 Å². The summed E-state index contributed by atoms with van der Waals surface area (Å²) >= 11 is 0. The number of aryl methyl sites for hydroxylation is 2. The number of carbonyl (C=O) groups excluding carboxylic acids is 3. The number of amides is 3. The summed E-state index contributed by atoms with van der Waals surface area (Å²) in [5.41, 5.74) is 8.74. The van der Waals surface area contributed by atoms with Gasteiger partial charge in [0.25, 0.3) is 5.91 Å². The maximum absolute atomic E-state index is 12.2. The zero-order valence-corrected chi connectivity index (χ0v) is 19.7. The summed E-state index contributed by atoms with van der Waals surface area (Å²) in [7, 11) is 0. The minimum atomic E-state index is -0.802. The highest BCUT2D eigenvalue weighted by Crippen LogP contribution is 2.24. The van der Waals surface area contributed by atoms with Crippen molar-refractivity contribution in [2.75, 3.05) is 5.32 Å². The molecule has 2 rings (SSSR count). The molecule has 1 atom stereocenters. The molecule has 0 heterocycles. The van der Waals surface area contributed by atoms with Gasteiger partial charge in [-0.05, 0) is 67.1 Å². The van der Waals surface area contributed by atoms with Crippen molar-refractivity contribution in [3.8, 4) is 5.75 Å². The lowest BCUT2D eigenvalue weighted by Gasteiger charge is -2.20. The molecule has 0 aliphatic rings. The predicted octanol–water partition coefficient (Wildman–Crippen LogP) is 3.93. The Labute approximate surface area is 189 Å². The molecule has 0 aromatic heterocycles. The number of rotatable bonds is 7. The normalized spacial score (nSPS) is 11.9. The van der Waals surface area contributed by atoms with Crippen molar-refractivity contribution in [1.82, 2.24) is 10.9 Å². The molecule has 0 fully saturated rings. The van der Waals surface area contributed by atoms with E-state index < -0.39 is 17.9 Å². The standard InChI is InChI=1S/C25H33N3O4/c1-16-7-10-20(15-17(16)2)26-22(29)13-14-23(30)27-28-24(31)18(3)32-21-11-8-19(9-12-21)25(4,5)6/h7-12,15,18H,13-14H2,1-6H3,(H,26,29)(H,27,30)(H,28,31). The Bertz CT molecular complexity index is 962. The largest absolute Gasteiger partial charge is 0.481 e. The first-order valence-corrected chi connectivity index (χ1v) is 10.7. The van der Waals surface area contributed by atoms with Gasteiger partial charge in [0.2, 0.25) is 11.8 Å². The lowest BCUT2D eigenvalue weighted by Crippen LogP contribution is -2.47. The summed E-state index contributed by atoms with van der Waals surface area (Å²) in [6, 6.07) is 13.2. The molecule has 1 unspecified atom stereocenters. The van der Waals surface area contributed by atoms with Gasteiger partial charge >= 0.3 is 0 Å². The zero-order chi connectivity index (χ0) is 23.9. The minimum absolute atomic E-state index is 0.000801. The minimum Gasteiger partial charge on any atom is -0.481 e. The van der Waals surface area contributed by atoms with E-state index in [4.69, 9.17) is 4.74 Å². The summed E-state index contributed by atoms with van der Waals surface area (Å²) in [6.45, 7) is 11.9. The van der Waals surface area contributed by atoms with Gasteiger partial charge in [-0.2, -0.15) is 0 Å². The fourth-order valence-corrected chi connectivity index (χ4v) is 2.86. The fraction of sp³-hybridized carbons (Fsp3) is 0.400. The Morgan fingerprint density at radius 3 is 2.09 bits per heavy atom. The van der Waals surface area contributed by atoms with Gasteiger partial charge in [0.1, 0.15) is 5.75 Å². The zero-order valence-electron chi connectivity index (χ0n) is 19.7. The SMILES string of the molecule is Cc1ccc(NC(=O)CCC(=O)NNC(=O)C(C)Oc2ccc(C(C)(C)C)cc2)cc1C. The van der Waals surface area contributed by atoms with Crippen molar-refractivity contribution in [1.29, 1.82) is 0 Å². The molecule has 3 amide bonds. The van der Waals surface area contributed by atoms with E-state index in [-0.39, 0.29) is 24.2 Å². The Morgan fingerprint density at radius 2 is 1.50 bits per heavy atom. The summed E-state index contributed by atoms with van der Waals surface area (Å²) in [5, 5.41) is 2.76. The van der Waals surface area contributed by atoms with Gasteiger partial charge in [-0.1, -0.05) is 39.0 Å². The molecule has 0 aliphatic heterocycles. The summed E-state index contributed by atoms with van der Waals surface area (Å²) < 4.78 is 5.63. The van der Waals surface area contributed by atoms with Crippen LogP contribution >= 0.6 is 0 Å². The quantitative estimate of drug-likeness (QED) is 0.570. The molecule has 7 heteroatoms. The van der Waals surface area contributed by atoms with Crippen LogP contribution in [-0.2, 0) is 19.8 Å². The fourth-order valence-electron chi connectivity index (χ4n) is 2.86. The summed E-state index contributed by atoms with van der Waals surface area (Å²) in [4.78, 5) is 36.2. The maximum atomic E-state index is 12.2. The van der Waals surface area contributed by atoms with Gasteiger partial charge < -0.3 is 10.1 Å². The third-order valence-electron chi connectivity index (χ3n) is 5.10. The van der Waals surface area contributed by atoms with Gasteiger partial charge in [0, 0.05) is 18.5 Å². The van der Waals surface area contributed by atoms with E-state index in [0.29, 0.717) is 11.4 Å². The molecule has 0 saturated carbocycles. The summed E-state index contributed by atoms with van der Waals surface area (Å²) in [5.74, 6) is -0.659. The molecule has 32 heavy (non-hydrogen) atoms. The van der Waals surface area contributed by atoms with Crippen molar-refractivity contribution >= 4 is 23.4 Å². The van der Waals surface area contributed by atoms with E-state index in [0.717, 1.165) is 16.7 Å². The van der Waals surface area contributed by atoms with Gasteiger partial charge in [0.05, 0.1) is 0 Å². The second-order valence-electron chi connectivity index (χ2n) is 8.92. The number of anilines is 1. The Hall–Kier alpha value is -3.35. The molecule has 0 bridgehead atoms. The lowest BCUT2D eigenvalue weighted by atomic mass is 9.87. The van der Waals surface area contributed by atoms with E-state index in [1.54, 1.807) is 6.92 Å². The van der Waals surface area contributed by atoms with Gasteiger partial charge in [-0.3, -0.25) is 25.2 Å². The highest BCUT2D eigenvalue weighted by molar-refractivity contribution is 5.93. The van der Waals surface area contributed by atoms with Crippen LogP contribution in [0.5, 0.6) is 5.75 Å². The number of carbonyl (C=O) groups is 3. The van der Waals surface area contributed by atoms with E-state index in [2.05, 4.69) is 36.9 Å². The first-order valence-electron chi connectivity index (χ1n) is 10.7. The Kier molecular flexibility index (Phi) is 8.41. The first-order chi connectivity index (χ1) is 15.0. The van der Waals surface area contributed by atoms with Crippen LogP contribution in [0.15, 0.2) is 42.5 Å². The predicted molar refractivity (Wildman–Crippen MR) is 125 cm³/mol. The van der Waals surface area contributed by atoms with Crippen molar-refractivity contribution in [3.63, 3.8) is 0 Å². The van der Waals surface area contributed by atoms with Gasteiger partial charge in [-0.25, -0.2) is 0 Å². The van der Waals surface area contributed by atoms with Crippen LogP contribution in [0.1, 0.15) is 57.2 Å². The number of benzene rings is 2. The summed E-state index contributed by atoms with van der Waals surface area (Å²) in [6.07, 6.45) is -0.856. The smallest absolute Gasteiger partial charge is 0.279 e. The Balaban J connectivity index is 1.72. The van der Waals surface area contributed by atoms with Gasteiger partial charge in [-0.15, -0.1) is 0 Å². The molecule has 3 N–H and O–H groups in total. The average molecular weight is 440 g/mol. The monoisotopic (exact) mass is 439 g/mol. The topological polar surface area (TPSA) is 96.5 Å². The molecule has 0 spiro atoms.